The van der Waals surface area contributed by atoms with Crippen molar-refractivity contribution in [2.24, 2.45) is 5.41 Å². The third kappa shape index (κ3) is 3.63. The molecular formula is C23H33N3O3. The van der Waals surface area contributed by atoms with E-state index in [9.17, 15) is 9.59 Å². The van der Waals surface area contributed by atoms with Gasteiger partial charge in [0.1, 0.15) is 5.75 Å². The Labute approximate surface area is 173 Å². The van der Waals surface area contributed by atoms with Gasteiger partial charge in [-0.2, -0.15) is 0 Å². The number of hydrogen-bond donors (Lipinski definition) is 0. The van der Waals surface area contributed by atoms with Gasteiger partial charge in [0.05, 0.1) is 12.5 Å². The average Bonchev–Trinajstić information content (AvgIpc) is 3.38. The lowest BCUT2D eigenvalue weighted by Gasteiger charge is -2.38. The lowest BCUT2D eigenvalue weighted by molar-refractivity contribution is -0.143. The van der Waals surface area contributed by atoms with Crippen molar-refractivity contribution >= 4 is 11.8 Å². The topological polar surface area (TPSA) is 53.1 Å². The summed E-state index contributed by atoms with van der Waals surface area (Å²) >= 11 is 0. The minimum absolute atomic E-state index is 0.0377. The summed E-state index contributed by atoms with van der Waals surface area (Å²) in [6.45, 7) is 7.27. The second-order valence-corrected chi connectivity index (χ2v) is 8.61. The Morgan fingerprint density at radius 1 is 1.07 bits per heavy atom. The van der Waals surface area contributed by atoms with Crippen molar-refractivity contribution in [3.63, 3.8) is 0 Å². The van der Waals surface area contributed by atoms with Crippen LogP contribution >= 0.6 is 0 Å². The van der Waals surface area contributed by atoms with E-state index in [0.29, 0.717) is 30.3 Å². The molecule has 2 amide bonds. The number of methoxy groups -OCH3 is 1. The van der Waals surface area contributed by atoms with E-state index >= 15 is 0 Å². The van der Waals surface area contributed by atoms with Crippen LogP contribution in [0.15, 0.2) is 24.3 Å². The molecule has 0 saturated carbocycles. The maximum Gasteiger partial charge on any atom is 0.253 e. The molecule has 1 aromatic carbocycles. The lowest BCUT2D eigenvalue weighted by atomic mass is 9.75. The Bertz CT molecular complexity index is 761. The van der Waals surface area contributed by atoms with Crippen molar-refractivity contribution in [1.82, 2.24) is 14.7 Å². The fourth-order valence-corrected chi connectivity index (χ4v) is 5.60. The summed E-state index contributed by atoms with van der Waals surface area (Å²) in [5, 5.41) is 0. The van der Waals surface area contributed by atoms with E-state index in [1.165, 1.54) is 0 Å². The summed E-state index contributed by atoms with van der Waals surface area (Å²) in [4.78, 5) is 33.3. The molecule has 0 unspecified atom stereocenters. The van der Waals surface area contributed by atoms with Crippen LogP contribution in [0.25, 0.3) is 0 Å². The first-order valence-corrected chi connectivity index (χ1v) is 11.1. The van der Waals surface area contributed by atoms with E-state index in [1.807, 2.05) is 23.1 Å². The molecule has 29 heavy (non-hydrogen) atoms. The molecule has 0 N–H and O–H groups in total. The van der Waals surface area contributed by atoms with Crippen molar-refractivity contribution < 1.29 is 14.3 Å². The minimum Gasteiger partial charge on any atom is -0.497 e. The van der Waals surface area contributed by atoms with Crippen LogP contribution in [0.1, 0.15) is 49.4 Å². The third-order valence-electron chi connectivity index (χ3n) is 7.25. The van der Waals surface area contributed by atoms with Gasteiger partial charge < -0.3 is 14.5 Å². The zero-order chi connectivity index (χ0) is 20.4. The van der Waals surface area contributed by atoms with Crippen molar-refractivity contribution in [3.05, 3.63) is 29.8 Å². The number of carbonyl (C=O) groups is 2. The molecule has 3 heterocycles. The maximum absolute atomic E-state index is 13.6. The smallest absolute Gasteiger partial charge is 0.253 e. The van der Waals surface area contributed by atoms with Crippen LogP contribution < -0.4 is 4.74 Å². The number of ether oxygens (including phenoxy) is 1. The van der Waals surface area contributed by atoms with Gasteiger partial charge in [0.15, 0.2) is 0 Å². The van der Waals surface area contributed by atoms with Crippen molar-refractivity contribution in [1.29, 1.82) is 0 Å². The van der Waals surface area contributed by atoms with Crippen LogP contribution in [0.2, 0.25) is 0 Å². The highest BCUT2D eigenvalue weighted by molar-refractivity contribution is 5.94. The molecule has 3 saturated heterocycles. The largest absolute Gasteiger partial charge is 0.497 e. The summed E-state index contributed by atoms with van der Waals surface area (Å²) in [6.07, 6.45) is 4.78. The highest BCUT2D eigenvalue weighted by atomic mass is 16.5. The zero-order valence-corrected chi connectivity index (χ0v) is 17.7. The molecule has 6 nitrogen and oxygen atoms in total. The predicted octanol–water partition coefficient (Wildman–Crippen LogP) is 2.63. The van der Waals surface area contributed by atoms with Gasteiger partial charge in [0.25, 0.3) is 5.91 Å². The molecule has 3 aliphatic heterocycles. The van der Waals surface area contributed by atoms with E-state index in [0.717, 1.165) is 58.3 Å². The molecule has 0 radical (unpaired) electrons. The van der Waals surface area contributed by atoms with Crippen LogP contribution in [0.4, 0.5) is 0 Å². The van der Waals surface area contributed by atoms with Crippen LogP contribution in [-0.4, -0.2) is 78.9 Å². The summed E-state index contributed by atoms with van der Waals surface area (Å²) in [6, 6.07) is 7.60. The molecule has 3 aliphatic rings. The Balaban J connectivity index is 1.56. The lowest BCUT2D eigenvalue weighted by Crippen LogP contribution is -2.50. The third-order valence-corrected chi connectivity index (χ3v) is 7.25. The van der Waals surface area contributed by atoms with Crippen LogP contribution in [0, 0.1) is 5.41 Å². The second kappa shape index (κ2) is 8.34. The molecule has 6 heteroatoms. The van der Waals surface area contributed by atoms with E-state index in [-0.39, 0.29) is 17.4 Å². The van der Waals surface area contributed by atoms with Crippen LogP contribution in [-0.2, 0) is 4.79 Å². The van der Waals surface area contributed by atoms with E-state index in [1.54, 1.807) is 13.2 Å². The van der Waals surface area contributed by atoms with Gasteiger partial charge in [-0.05, 0) is 63.4 Å². The number of likely N-dealkylation sites (tertiary alicyclic amines) is 3. The second-order valence-electron chi connectivity index (χ2n) is 8.61. The molecule has 0 bridgehead atoms. The molecular weight excluding hydrogens is 366 g/mol. The number of hydrogen-bond acceptors (Lipinski definition) is 4. The minimum atomic E-state index is -0.330. The van der Waals surface area contributed by atoms with E-state index < -0.39 is 0 Å². The SMILES string of the molecule is CCN1CC[C@@]2(C(=O)N3CCCC3)CCN(C(=O)c3cccc(OC)c3)CC[C@@H]12. The Hall–Kier alpha value is -2.08. The Morgan fingerprint density at radius 2 is 1.83 bits per heavy atom. The summed E-state index contributed by atoms with van der Waals surface area (Å²) < 4.78 is 5.28. The Kier molecular flexibility index (Phi) is 5.81. The van der Waals surface area contributed by atoms with Crippen molar-refractivity contribution in [3.8, 4) is 5.75 Å². The van der Waals surface area contributed by atoms with Crippen molar-refractivity contribution in [2.45, 2.75) is 45.1 Å². The number of amides is 2. The monoisotopic (exact) mass is 399 g/mol. The number of nitrogens with zero attached hydrogens (tertiary/aromatic N) is 3. The predicted molar refractivity (Wildman–Crippen MR) is 112 cm³/mol. The normalized spacial score (nSPS) is 27.6. The highest BCUT2D eigenvalue weighted by Gasteiger charge is 2.54. The number of benzene rings is 1. The van der Waals surface area contributed by atoms with Gasteiger partial charge in [0.2, 0.25) is 5.91 Å². The summed E-state index contributed by atoms with van der Waals surface area (Å²) in [5.74, 6) is 1.07. The molecule has 158 valence electrons. The maximum atomic E-state index is 13.6. The van der Waals surface area contributed by atoms with Gasteiger partial charge in [-0.25, -0.2) is 0 Å². The van der Waals surface area contributed by atoms with Gasteiger partial charge >= 0.3 is 0 Å². The molecule has 0 aliphatic carbocycles. The van der Waals surface area contributed by atoms with E-state index in [4.69, 9.17) is 4.74 Å². The first-order valence-electron chi connectivity index (χ1n) is 11.1. The molecule has 4 rings (SSSR count). The summed E-state index contributed by atoms with van der Waals surface area (Å²) in [5.41, 5.74) is 0.327. The quantitative estimate of drug-likeness (QED) is 0.781. The van der Waals surface area contributed by atoms with E-state index in [2.05, 4.69) is 16.7 Å². The van der Waals surface area contributed by atoms with Gasteiger partial charge in [-0.3, -0.25) is 14.5 Å². The standard InChI is InChI=1S/C23H33N3O3/c1-3-24-15-10-23(22(28)26-12-4-5-13-26)11-16-25(14-9-20(23)24)21(27)18-7-6-8-19(17-18)29-2/h6-8,17,20H,3-5,9-16H2,1-2H3/t20-,23-/m1/s1. The Morgan fingerprint density at radius 3 is 2.55 bits per heavy atom. The van der Waals surface area contributed by atoms with Gasteiger partial charge in [-0.1, -0.05) is 13.0 Å². The fourth-order valence-electron chi connectivity index (χ4n) is 5.60. The molecule has 2 atom stereocenters. The van der Waals surface area contributed by atoms with Crippen LogP contribution in [0.5, 0.6) is 5.75 Å². The van der Waals surface area contributed by atoms with Gasteiger partial charge in [-0.15, -0.1) is 0 Å². The highest BCUT2D eigenvalue weighted by Crippen LogP contribution is 2.45. The number of fused-ring (bicyclic) bond motifs is 1. The summed E-state index contributed by atoms with van der Waals surface area (Å²) in [7, 11) is 1.61. The van der Waals surface area contributed by atoms with Crippen LogP contribution in [0.3, 0.4) is 0 Å². The molecule has 0 aromatic heterocycles. The zero-order valence-electron chi connectivity index (χ0n) is 17.7. The van der Waals surface area contributed by atoms with Gasteiger partial charge in [0, 0.05) is 37.8 Å². The first kappa shape index (κ1) is 20.2. The first-order chi connectivity index (χ1) is 14.1. The van der Waals surface area contributed by atoms with Crippen molar-refractivity contribution in [2.75, 3.05) is 46.4 Å². The number of rotatable bonds is 4. The number of carbonyl (C=O) groups excluding carboxylic acids is 2. The average molecular weight is 400 g/mol. The fraction of sp³-hybridized carbons (Fsp3) is 0.652. The molecule has 3 fully saturated rings. The molecule has 0 spiro atoms. The molecule has 1 aromatic rings.